The van der Waals surface area contributed by atoms with E-state index in [2.05, 4.69) is 38.1 Å². The Hall–Kier alpha value is -4.24. The number of likely N-dealkylation sites (tertiary alicyclic amines) is 1. The summed E-state index contributed by atoms with van der Waals surface area (Å²) in [6, 6.07) is 11.5. The third-order valence-electron chi connectivity index (χ3n) is 8.07. The van der Waals surface area contributed by atoms with E-state index in [0.717, 1.165) is 54.7 Å². The van der Waals surface area contributed by atoms with Crippen molar-refractivity contribution in [3.05, 3.63) is 94.6 Å². The second kappa shape index (κ2) is 12.3. The molecule has 0 saturated carbocycles. The average Bonchev–Trinajstić information content (AvgIpc) is 2.99. The van der Waals surface area contributed by atoms with Gasteiger partial charge < -0.3 is 20.9 Å². The Morgan fingerprint density at radius 2 is 1.88 bits per heavy atom. The first kappa shape index (κ1) is 27.9. The van der Waals surface area contributed by atoms with Crippen LogP contribution in [0.2, 0.25) is 5.02 Å². The summed E-state index contributed by atoms with van der Waals surface area (Å²) in [6.45, 7) is 1.15. The fourth-order valence-electron chi connectivity index (χ4n) is 5.75. The molecular weight excluding hydrogens is 555 g/mol. The van der Waals surface area contributed by atoms with Crippen molar-refractivity contribution < 1.29 is 14.0 Å². The normalized spacial score (nSPS) is 18.4. The van der Waals surface area contributed by atoms with Crippen LogP contribution in [0.3, 0.4) is 0 Å². The van der Waals surface area contributed by atoms with Crippen LogP contribution in [0.5, 0.6) is 0 Å². The number of nitrogens with zero attached hydrogens (tertiary/aromatic N) is 3. The lowest BCUT2D eigenvalue weighted by Crippen LogP contribution is -2.39. The summed E-state index contributed by atoms with van der Waals surface area (Å²) in [6.07, 6.45) is 12.3. The standard InChI is InChI=1S/C32H32ClFN6O2/c33-27-19-35-32-37-25-3-1-2-20(16-25)4-5-23-18-26(36-30(27)39-32)10-11-28(23)38-29(41)17-21-12-14-40(15-13-21)31(42)22-6-8-24(34)9-7-22/h1-3,6-11,18-21H,4-5,12-17H2,(H,38,41)(H2,35,36,37,39). The maximum absolute atomic E-state index is 13.2. The third-order valence-corrected chi connectivity index (χ3v) is 8.35. The molecule has 2 aromatic carbocycles. The van der Waals surface area contributed by atoms with Gasteiger partial charge in [-0.05, 0) is 98.0 Å². The lowest BCUT2D eigenvalue weighted by atomic mass is 9.91. The van der Waals surface area contributed by atoms with Gasteiger partial charge in [-0.25, -0.2) is 9.37 Å². The van der Waals surface area contributed by atoms with Gasteiger partial charge in [-0.15, -0.1) is 0 Å². The number of nitrogens with one attached hydrogen (secondary N) is 3. The number of piperidine rings is 1. The Bertz CT molecular complexity index is 1550. The number of aromatic nitrogens is 2. The Kier molecular flexibility index (Phi) is 8.19. The summed E-state index contributed by atoms with van der Waals surface area (Å²) < 4.78 is 13.2. The van der Waals surface area contributed by atoms with Crippen LogP contribution in [0.25, 0.3) is 0 Å². The fourth-order valence-corrected chi connectivity index (χ4v) is 5.89. The summed E-state index contributed by atoms with van der Waals surface area (Å²) in [5.74, 6) is 1.02. The maximum atomic E-state index is 13.2. The number of allylic oxidation sites excluding steroid dienone is 4. The van der Waals surface area contributed by atoms with Gasteiger partial charge in [0.15, 0.2) is 5.82 Å². The number of carbonyl (C=O) groups excluding carboxylic acids is 2. The molecule has 1 unspecified atom stereocenters. The van der Waals surface area contributed by atoms with E-state index in [4.69, 9.17) is 11.6 Å². The summed E-state index contributed by atoms with van der Waals surface area (Å²) in [5.41, 5.74) is 4.18. The molecule has 0 radical (unpaired) electrons. The van der Waals surface area contributed by atoms with E-state index < -0.39 is 0 Å². The van der Waals surface area contributed by atoms with Gasteiger partial charge in [-0.2, -0.15) is 4.98 Å². The molecule has 6 rings (SSSR count). The molecule has 1 fully saturated rings. The van der Waals surface area contributed by atoms with Crippen molar-refractivity contribution in [1.29, 1.82) is 0 Å². The van der Waals surface area contributed by atoms with E-state index in [0.29, 0.717) is 47.8 Å². The largest absolute Gasteiger partial charge is 0.339 e. The molecule has 1 saturated heterocycles. The Morgan fingerprint density at radius 1 is 1.07 bits per heavy atom. The van der Waals surface area contributed by atoms with Crippen molar-refractivity contribution in [2.45, 2.75) is 38.5 Å². The minimum atomic E-state index is -0.363. The molecule has 1 aliphatic carbocycles. The van der Waals surface area contributed by atoms with Gasteiger partial charge in [-0.3, -0.25) is 9.59 Å². The van der Waals surface area contributed by atoms with E-state index in [1.165, 1.54) is 24.3 Å². The monoisotopic (exact) mass is 586 g/mol. The van der Waals surface area contributed by atoms with Crippen LogP contribution in [0.1, 0.15) is 48.0 Å². The molecule has 3 N–H and O–H groups in total. The van der Waals surface area contributed by atoms with Crippen LogP contribution in [0, 0.1) is 17.7 Å². The highest BCUT2D eigenvalue weighted by Crippen LogP contribution is 2.32. The number of fused-ring (bicyclic) bond motifs is 6. The first-order valence-electron chi connectivity index (χ1n) is 14.3. The number of benzene rings is 2. The fraction of sp³-hybridized carbons (Fsp3) is 0.312. The first-order valence-corrected chi connectivity index (χ1v) is 14.7. The van der Waals surface area contributed by atoms with Crippen LogP contribution in [-0.2, 0) is 11.2 Å². The van der Waals surface area contributed by atoms with Gasteiger partial charge in [0.25, 0.3) is 5.91 Å². The summed E-state index contributed by atoms with van der Waals surface area (Å²) >= 11 is 6.39. The number of carbonyl (C=O) groups is 2. The SMILES string of the molecule is O=C(CC1CCN(C(=O)c2ccc(F)cc2)CC1)Nc1ccc2cc1CCC1C=CC=C(C1)Nc1ncc(Cl)c(n1)N2. The Labute approximate surface area is 249 Å². The predicted octanol–water partition coefficient (Wildman–Crippen LogP) is 6.71. The lowest BCUT2D eigenvalue weighted by Gasteiger charge is -2.32. The number of hydrogen-bond acceptors (Lipinski definition) is 6. The highest BCUT2D eigenvalue weighted by molar-refractivity contribution is 6.32. The van der Waals surface area contributed by atoms with E-state index in [-0.39, 0.29) is 23.5 Å². The van der Waals surface area contributed by atoms with Gasteiger partial charge in [0.2, 0.25) is 11.9 Å². The number of halogens is 2. The van der Waals surface area contributed by atoms with Crippen molar-refractivity contribution in [1.82, 2.24) is 14.9 Å². The molecule has 42 heavy (non-hydrogen) atoms. The van der Waals surface area contributed by atoms with Crippen LogP contribution < -0.4 is 16.0 Å². The quantitative estimate of drug-likeness (QED) is 0.314. The van der Waals surface area contributed by atoms with Gasteiger partial charge in [0.05, 0.1) is 6.20 Å². The molecule has 8 nitrogen and oxygen atoms in total. The molecular formula is C32H32ClFN6O2. The zero-order chi connectivity index (χ0) is 29.1. The minimum Gasteiger partial charge on any atom is -0.339 e. The second-order valence-corrected chi connectivity index (χ2v) is 11.5. The summed E-state index contributed by atoms with van der Waals surface area (Å²) in [7, 11) is 0. The van der Waals surface area contributed by atoms with E-state index in [1.807, 2.05) is 24.3 Å². The maximum Gasteiger partial charge on any atom is 0.253 e. The molecule has 10 heteroatoms. The smallest absolute Gasteiger partial charge is 0.253 e. The first-order chi connectivity index (χ1) is 20.4. The minimum absolute atomic E-state index is 0.0337. The third kappa shape index (κ3) is 6.62. The molecule has 6 bridgehead atoms. The van der Waals surface area contributed by atoms with E-state index in [1.54, 1.807) is 11.1 Å². The molecule has 3 heterocycles. The number of rotatable bonds is 4. The van der Waals surface area contributed by atoms with Gasteiger partial charge in [-0.1, -0.05) is 23.8 Å². The van der Waals surface area contributed by atoms with Crippen LogP contribution in [-0.4, -0.2) is 39.8 Å². The van der Waals surface area contributed by atoms with Crippen LogP contribution >= 0.6 is 11.6 Å². The number of amides is 2. The molecule has 3 aliphatic rings. The van der Waals surface area contributed by atoms with Gasteiger partial charge >= 0.3 is 0 Å². The van der Waals surface area contributed by atoms with Crippen LogP contribution in [0.15, 0.2) is 72.6 Å². The zero-order valence-corrected chi connectivity index (χ0v) is 23.8. The van der Waals surface area contributed by atoms with E-state index in [9.17, 15) is 14.0 Å². The topological polar surface area (TPSA) is 99.3 Å². The average molecular weight is 587 g/mol. The molecule has 216 valence electrons. The molecule has 0 spiro atoms. The molecule has 3 aromatic rings. The van der Waals surface area contributed by atoms with Crippen molar-refractivity contribution >= 4 is 46.6 Å². The summed E-state index contributed by atoms with van der Waals surface area (Å²) in [4.78, 5) is 36.6. The number of anilines is 4. The molecule has 1 atom stereocenters. The lowest BCUT2D eigenvalue weighted by molar-refractivity contribution is -0.117. The Morgan fingerprint density at radius 3 is 2.69 bits per heavy atom. The van der Waals surface area contributed by atoms with E-state index >= 15 is 0 Å². The molecule has 1 aromatic heterocycles. The van der Waals surface area contributed by atoms with Gasteiger partial charge in [0.1, 0.15) is 10.8 Å². The van der Waals surface area contributed by atoms with Crippen LogP contribution in [0.4, 0.5) is 27.5 Å². The number of hydrogen-bond donors (Lipinski definition) is 3. The van der Waals surface area contributed by atoms with Crippen molar-refractivity contribution in [2.75, 3.05) is 29.0 Å². The highest BCUT2D eigenvalue weighted by atomic mass is 35.5. The highest BCUT2D eigenvalue weighted by Gasteiger charge is 2.26. The summed E-state index contributed by atoms with van der Waals surface area (Å²) in [5, 5.41) is 10.2. The van der Waals surface area contributed by atoms with Crippen molar-refractivity contribution in [3.63, 3.8) is 0 Å². The second-order valence-electron chi connectivity index (χ2n) is 11.1. The predicted molar refractivity (Wildman–Crippen MR) is 162 cm³/mol. The van der Waals surface area contributed by atoms with Gasteiger partial charge in [0, 0.05) is 42.1 Å². The number of aryl methyl sites for hydroxylation is 1. The zero-order valence-electron chi connectivity index (χ0n) is 23.1. The van der Waals surface area contributed by atoms with Crippen molar-refractivity contribution in [2.24, 2.45) is 11.8 Å². The molecule has 2 amide bonds. The Balaban J connectivity index is 1.12. The van der Waals surface area contributed by atoms with Crippen molar-refractivity contribution in [3.8, 4) is 0 Å². The molecule has 2 aliphatic heterocycles.